The highest BCUT2D eigenvalue weighted by molar-refractivity contribution is 6.33. The number of aliphatic imine (C=N–C) groups is 1. The van der Waals surface area contributed by atoms with Gasteiger partial charge in [-0.2, -0.15) is 0 Å². The van der Waals surface area contributed by atoms with E-state index >= 15 is 0 Å². The van der Waals surface area contributed by atoms with Crippen molar-refractivity contribution in [2.24, 2.45) is 4.99 Å². The molecule has 0 atom stereocenters. The molecule has 0 saturated carbocycles. The molecule has 3 aromatic rings. The van der Waals surface area contributed by atoms with Crippen LogP contribution in [0.3, 0.4) is 0 Å². The van der Waals surface area contributed by atoms with E-state index in [9.17, 15) is 4.79 Å². The third-order valence-electron chi connectivity index (χ3n) is 4.90. The van der Waals surface area contributed by atoms with Crippen molar-refractivity contribution in [2.75, 3.05) is 23.9 Å². The molecule has 0 aromatic heterocycles. The Labute approximate surface area is 171 Å². The molecule has 0 radical (unpaired) electrons. The van der Waals surface area contributed by atoms with Gasteiger partial charge in [0, 0.05) is 25.3 Å². The Hall–Kier alpha value is -3.66. The Balaban J connectivity index is 1.77. The number of carbonyl (C=O) groups excluding carboxylic acids is 1. The second kappa shape index (κ2) is 7.76. The highest BCUT2D eigenvalue weighted by Gasteiger charge is 2.32. The van der Waals surface area contributed by atoms with Crippen LogP contribution in [0.2, 0.25) is 0 Å². The standard InChI is InChI=1S/C25H23N3O/c1-18-9-13-20(14-10-18)24-26-23(17-19-11-15-21(16-12-19)27(2)3)25(29)28(24)22-7-5-4-6-8-22/h4-17H,1-3H3/b23-17+. The molecule has 0 unspecified atom stereocenters. The van der Waals surface area contributed by atoms with E-state index in [1.54, 1.807) is 4.90 Å². The monoisotopic (exact) mass is 381 g/mol. The number of aryl methyl sites for hydroxylation is 1. The molecule has 4 heteroatoms. The highest BCUT2D eigenvalue weighted by atomic mass is 16.2. The number of benzene rings is 3. The lowest BCUT2D eigenvalue weighted by Crippen LogP contribution is -2.32. The smallest absolute Gasteiger partial charge is 0.282 e. The van der Waals surface area contributed by atoms with Crippen molar-refractivity contribution in [1.82, 2.24) is 0 Å². The van der Waals surface area contributed by atoms with Gasteiger partial charge in [0.25, 0.3) is 5.91 Å². The Morgan fingerprint density at radius 3 is 2.14 bits per heavy atom. The molecule has 4 rings (SSSR count). The van der Waals surface area contributed by atoms with Crippen molar-refractivity contribution in [3.63, 3.8) is 0 Å². The maximum absolute atomic E-state index is 13.3. The van der Waals surface area contributed by atoms with Gasteiger partial charge in [-0.15, -0.1) is 0 Å². The summed E-state index contributed by atoms with van der Waals surface area (Å²) in [5.41, 5.74) is 5.38. The minimum atomic E-state index is -0.122. The van der Waals surface area contributed by atoms with Crippen molar-refractivity contribution in [3.8, 4) is 0 Å². The first-order chi connectivity index (χ1) is 14.0. The van der Waals surface area contributed by atoms with Crippen LogP contribution in [0.25, 0.3) is 6.08 Å². The Morgan fingerprint density at radius 2 is 1.52 bits per heavy atom. The van der Waals surface area contributed by atoms with Crippen LogP contribution in [0.5, 0.6) is 0 Å². The van der Waals surface area contributed by atoms with E-state index in [1.165, 1.54) is 5.56 Å². The van der Waals surface area contributed by atoms with E-state index in [1.807, 2.05) is 111 Å². The number of amides is 1. The van der Waals surface area contributed by atoms with Crippen molar-refractivity contribution < 1.29 is 4.79 Å². The van der Waals surface area contributed by atoms with Gasteiger partial charge in [0.2, 0.25) is 0 Å². The maximum Gasteiger partial charge on any atom is 0.282 e. The molecule has 0 fully saturated rings. The lowest BCUT2D eigenvalue weighted by molar-refractivity contribution is -0.113. The second-order valence-electron chi connectivity index (χ2n) is 7.29. The first-order valence-corrected chi connectivity index (χ1v) is 9.57. The van der Waals surface area contributed by atoms with Crippen LogP contribution in [0.15, 0.2) is 89.6 Å². The average molecular weight is 381 g/mol. The summed E-state index contributed by atoms with van der Waals surface area (Å²) in [6.45, 7) is 2.04. The molecule has 29 heavy (non-hydrogen) atoms. The number of para-hydroxylation sites is 1. The Kier molecular flexibility index (Phi) is 5.00. The van der Waals surface area contributed by atoms with Crippen LogP contribution in [-0.4, -0.2) is 25.8 Å². The van der Waals surface area contributed by atoms with Gasteiger partial charge < -0.3 is 4.90 Å². The van der Waals surface area contributed by atoms with Crippen molar-refractivity contribution in [1.29, 1.82) is 0 Å². The molecule has 0 saturated heterocycles. The number of carbonyl (C=O) groups is 1. The van der Waals surface area contributed by atoms with Crippen LogP contribution >= 0.6 is 0 Å². The number of amidine groups is 1. The predicted molar refractivity (Wildman–Crippen MR) is 120 cm³/mol. The lowest BCUT2D eigenvalue weighted by atomic mass is 10.1. The fraction of sp³-hybridized carbons (Fsp3) is 0.120. The fourth-order valence-corrected chi connectivity index (χ4v) is 3.26. The van der Waals surface area contributed by atoms with Gasteiger partial charge in [0.05, 0.1) is 5.69 Å². The van der Waals surface area contributed by atoms with E-state index in [2.05, 4.69) is 0 Å². The molecule has 1 amide bonds. The number of anilines is 2. The van der Waals surface area contributed by atoms with E-state index < -0.39 is 0 Å². The molecule has 144 valence electrons. The third-order valence-corrected chi connectivity index (χ3v) is 4.90. The molecule has 0 N–H and O–H groups in total. The summed E-state index contributed by atoms with van der Waals surface area (Å²) in [6, 6.07) is 25.8. The predicted octanol–water partition coefficient (Wildman–Crippen LogP) is 4.90. The van der Waals surface area contributed by atoms with Crippen LogP contribution < -0.4 is 9.80 Å². The zero-order chi connectivity index (χ0) is 20.4. The fourth-order valence-electron chi connectivity index (χ4n) is 3.26. The molecule has 1 heterocycles. The summed E-state index contributed by atoms with van der Waals surface area (Å²) >= 11 is 0. The van der Waals surface area contributed by atoms with Crippen LogP contribution in [0.1, 0.15) is 16.7 Å². The van der Waals surface area contributed by atoms with Crippen LogP contribution in [-0.2, 0) is 4.79 Å². The van der Waals surface area contributed by atoms with Crippen LogP contribution in [0, 0.1) is 6.92 Å². The molecular formula is C25H23N3O. The summed E-state index contributed by atoms with van der Waals surface area (Å²) in [5.74, 6) is 0.529. The second-order valence-corrected chi connectivity index (χ2v) is 7.29. The Morgan fingerprint density at radius 1 is 0.862 bits per heavy atom. The van der Waals surface area contributed by atoms with Crippen molar-refractivity contribution in [3.05, 3.63) is 101 Å². The van der Waals surface area contributed by atoms with Gasteiger partial charge in [0.15, 0.2) is 0 Å². The molecule has 3 aromatic carbocycles. The molecule has 0 bridgehead atoms. The van der Waals surface area contributed by atoms with E-state index in [0.29, 0.717) is 11.5 Å². The molecular weight excluding hydrogens is 358 g/mol. The van der Waals surface area contributed by atoms with Crippen LogP contribution in [0.4, 0.5) is 11.4 Å². The average Bonchev–Trinajstić information content (AvgIpc) is 3.05. The number of hydrogen-bond acceptors (Lipinski definition) is 3. The molecule has 1 aliphatic heterocycles. The summed E-state index contributed by atoms with van der Waals surface area (Å²) < 4.78 is 0. The van der Waals surface area contributed by atoms with Crippen molar-refractivity contribution >= 4 is 29.2 Å². The number of hydrogen-bond donors (Lipinski definition) is 0. The summed E-state index contributed by atoms with van der Waals surface area (Å²) in [6.07, 6.45) is 1.85. The molecule has 4 nitrogen and oxygen atoms in total. The summed E-state index contributed by atoms with van der Waals surface area (Å²) in [4.78, 5) is 21.7. The van der Waals surface area contributed by atoms with E-state index in [0.717, 1.165) is 22.5 Å². The van der Waals surface area contributed by atoms with Gasteiger partial charge in [-0.1, -0.05) is 60.2 Å². The van der Waals surface area contributed by atoms with Gasteiger partial charge in [-0.05, 0) is 42.8 Å². The lowest BCUT2D eigenvalue weighted by Gasteiger charge is -2.18. The molecule has 0 spiro atoms. The van der Waals surface area contributed by atoms with Gasteiger partial charge >= 0.3 is 0 Å². The normalized spacial score (nSPS) is 15.0. The highest BCUT2D eigenvalue weighted by Crippen LogP contribution is 2.28. The molecule has 0 aliphatic carbocycles. The SMILES string of the molecule is Cc1ccc(C2=N/C(=C/c3ccc(N(C)C)cc3)C(=O)N2c2ccccc2)cc1. The van der Waals surface area contributed by atoms with Gasteiger partial charge in [-0.3, -0.25) is 9.69 Å². The van der Waals surface area contributed by atoms with Crippen molar-refractivity contribution in [2.45, 2.75) is 6.92 Å². The maximum atomic E-state index is 13.3. The summed E-state index contributed by atoms with van der Waals surface area (Å²) in [7, 11) is 4.01. The number of nitrogens with zero attached hydrogens (tertiary/aromatic N) is 3. The number of rotatable bonds is 4. The minimum absolute atomic E-state index is 0.122. The zero-order valence-electron chi connectivity index (χ0n) is 16.8. The molecule has 1 aliphatic rings. The quantitative estimate of drug-likeness (QED) is 0.603. The summed E-state index contributed by atoms with van der Waals surface area (Å²) in [5, 5.41) is 0. The minimum Gasteiger partial charge on any atom is -0.378 e. The third kappa shape index (κ3) is 3.83. The largest absolute Gasteiger partial charge is 0.378 e. The first-order valence-electron chi connectivity index (χ1n) is 9.57. The first kappa shape index (κ1) is 18.7. The topological polar surface area (TPSA) is 35.9 Å². The Bertz CT molecular complexity index is 1080. The van der Waals surface area contributed by atoms with E-state index in [4.69, 9.17) is 4.99 Å². The van der Waals surface area contributed by atoms with Gasteiger partial charge in [0.1, 0.15) is 11.5 Å². The van der Waals surface area contributed by atoms with Gasteiger partial charge in [-0.25, -0.2) is 4.99 Å². The zero-order valence-corrected chi connectivity index (χ0v) is 16.8. The van der Waals surface area contributed by atoms with E-state index in [-0.39, 0.29) is 5.91 Å².